The average molecular weight is 1180 g/mol. The number of carboxylic acids is 2. The number of aliphatic hydroxyl groups is 5. The molecule has 4 rings (SSSR count). The summed E-state index contributed by atoms with van der Waals surface area (Å²) in [7, 11) is 6.44. The molecule has 0 aromatic rings. The van der Waals surface area contributed by atoms with E-state index < -0.39 is 176 Å². The van der Waals surface area contributed by atoms with Gasteiger partial charge >= 0.3 is 29.8 Å². The van der Waals surface area contributed by atoms with Crippen LogP contribution in [0.1, 0.15) is 108 Å². The van der Waals surface area contributed by atoms with Crippen molar-refractivity contribution in [2.24, 2.45) is 29.6 Å². The van der Waals surface area contributed by atoms with Crippen molar-refractivity contribution in [1.82, 2.24) is 4.90 Å². The second kappa shape index (κ2) is 33.3. The largest absolute Gasteiger partial charge is 0.479 e. The van der Waals surface area contributed by atoms with E-state index in [1.54, 1.807) is 71.8 Å². The molecule has 0 amide bonds. The zero-order valence-electron chi connectivity index (χ0n) is 49.5. The van der Waals surface area contributed by atoms with Gasteiger partial charge in [-0.1, -0.05) is 52.8 Å². The highest BCUT2D eigenvalue weighted by molar-refractivity contribution is 5.91. The Morgan fingerprint density at radius 2 is 1.43 bits per heavy atom. The number of aldehydes is 1. The van der Waals surface area contributed by atoms with Crippen molar-refractivity contribution < 1.29 is 121 Å². The average Bonchev–Trinajstić information content (AvgIpc) is 3.59. The molecule has 26 nitrogen and oxygen atoms in total. The zero-order valence-corrected chi connectivity index (χ0v) is 49.5. The van der Waals surface area contributed by atoms with Gasteiger partial charge in [0.1, 0.15) is 42.4 Å². The van der Waals surface area contributed by atoms with E-state index in [0.29, 0.717) is 12.7 Å². The first-order valence-electron chi connectivity index (χ1n) is 27.7. The minimum atomic E-state index is -2.27. The molecule has 82 heavy (non-hydrogen) atoms. The fraction of sp³-hybridized carbons (Fsp3) is 0.804. The molecule has 3 fully saturated rings. The Bertz CT molecular complexity index is 2100. The number of nitrogens with zero attached hydrogens (tertiary/aromatic N) is 1. The predicted octanol–water partition coefficient (Wildman–Crippen LogP) is 1.49. The Hall–Kier alpha value is -4.39. The molecule has 0 saturated carbocycles. The van der Waals surface area contributed by atoms with Crippen LogP contribution in [-0.4, -0.2) is 233 Å². The number of allylic oxidation sites excluding steroid dienone is 3. The normalized spacial score (nSPS) is 37.7. The van der Waals surface area contributed by atoms with Crippen molar-refractivity contribution in [3.8, 4) is 0 Å². The van der Waals surface area contributed by atoms with Gasteiger partial charge in [0.05, 0.1) is 49.6 Å². The van der Waals surface area contributed by atoms with Gasteiger partial charge in [0.25, 0.3) is 0 Å². The Balaban J connectivity index is 0.00000160. The van der Waals surface area contributed by atoms with Gasteiger partial charge in [-0.15, -0.1) is 0 Å². The molecule has 0 aliphatic carbocycles. The molecule has 470 valence electrons. The number of cyclic esters (lactones) is 1. The summed E-state index contributed by atoms with van der Waals surface area (Å²) in [6.45, 7) is 16.9. The number of carboxylic acid groups (broad SMARTS) is 2. The van der Waals surface area contributed by atoms with Gasteiger partial charge in [0.2, 0.25) is 0 Å². The Labute approximate surface area is 479 Å². The van der Waals surface area contributed by atoms with Crippen LogP contribution in [0.15, 0.2) is 24.3 Å². The van der Waals surface area contributed by atoms with E-state index in [9.17, 15) is 48.9 Å². The first kappa shape index (κ1) is 71.9. The number of ketones is 1. The highest BCUT2D eigenvalue weighted by Gasteiger charge is 2.53. The highest BCUT2D eigenvalue weighted by atomic mass is 16.7. The molecule has 26 heteroatoms. The summed E-state index contributed by atoms with van der Waals surface area (Å²) in [5.41, 5.74) is -1.50. The molecule has 0 aromatic carbocycles. The minimum absolute atomic E-state index is 0.0413. The van der Waals surface area contributed by atoms with Crippen molar-refractivity contribution in [3.63, 3.8) is 0 Å². The summed E-state index contributed by atoms with van der Waals surface area (Å²) in [6.07, 6.45) is -11.5. The zero-order chi connectivity index (χ0) is 62.1. The molecule has 7 N–H and O–H groups in total. The Morgan fingerprint density at radius 1 is 0.829 bits per heavy atom. The fourth-order valence-corrected chi connectivity index (χ4v) is 10.6. The van der Waals surface area contributed by atoms with Crippen LogP contribution in [0.3, 0.4) is 0 Å². The summed E-state index contributed by atoms with van der Waals surface area (Å²) in [5.74, 6) is -8.16. The maximum atomic E-state index is 13.9. The van der Waals surface area contributed by atoms with Crippen molar-refractivity contribution in [1.29, 1.82) is 0 Å². The van der Waals surface area contributed by atoms with Crippen molar-refractivity contribution in [3.05, 3.63) is 24.3 Å². The van der Waals surface area contributed by atoms with Crippen molar-refractivity contribution in [2.75, 3.05) is 34.9 Å². The van der Waals surface area contributed by atoms with Crippen LogP contribution in [0.25, 0.3) is 0 Å². The molecular weight excluding hydrogens is 1090 g/mol. The van der Waals surface area contributed by atoms with E-state index >= 15 is 0 Å². The third-order valence-electron chi connectivity index (χ3n) is 15.0. The summed E-state index contributed by atoms with van der Waals surface area (Å²) in [6, 6.07) is -0.785. The van der Waals surface area contributed by atoms with Crippen molar-refractivity contribution in [2.45, 2.75) is 224 Å². The quantitative estimate of drug-likeness (QED) is 0.0516. The van der Waals surface area contributed by atoms with E-state index in [1.165, 1.54) is 34.1 Å². The van der Waals surface area contributed by atoms with Crippen LogP contribution in [0, 0.1) is 29.6 Å². The number of methoxy groups -OCH3 is 2. The van der Waals surface area contributed by atoms with Gasteiger partial charge in [-0.25, -0.2) is 9.59 Å². The maximum absolute atomic E-state index is 13.9. The minimum Gasteiger partial charge on any atom is -0.479 e. The Morgan fingerprint density at radius 3 is 1.95 bits per heavy atom. The number of rotatable bonds is 20. The van der Waals surface area contributed by atoms with Gasteiger partial charge in [0, 0.05) is 58.2 Å². The van der Waals surface area contributed by atoms with E-state index in [-0.39, 0.29) is 44.0 Å². The molecule has 23 atom stereocenters. The molecule has 0 bridgehead atoms. The Kier molecular flexibility index (Phi) is 29.2. The molecule has 4 aliphatic rings. The maximum Gasteiger partial charge on any atom is 0.335 e. The van der Waals surface area contributed by atoms with Crippen LogP contribution >= 0.6 is 0 Å². The molecule has 0 radical (unpaired) electrons. The number of carbonyl (C=O) groups is 7. The smallest absolute Gasteiger partial charge is 0.335 e. The standard InChI is InChI=1S/C52H85NO19.C4H6O6/c1-15-38-35(26-64-51-48(63-14)47(62-13)46(31(7)67-51)70-39(58)22-27(2)3)18-16-17-19-36(56)28(4)23-34(20-21-54)44(29(5)37(57)24-40(59)69-38)72-50-43(60)42(53(11)12)45(30(6)66-50)71-41-25-52(10,61)49(32(8)65-41)68-33(9)55;5-1(3(7)8)2(6)4(9)10/h16-19,21,27-32,34-35,37-38,41-51,57,60-61H,15,20,22-26H2,1-14H3;1-2,5-6H,(H,7,8)(H,9,10)/t28-,29+,30-,31-,32+,34+,35-,37-,38-,41+,42-,43-,44-,45-,46-,47-,48-,49+,50-,51-,52-;1-,2-/m11/s1. The third-order valence-corrected chi connectivity index (χ3v) is 15.0. The number of ether oxygens (including phenoxy) is 11. The van der Waals surface area contributed by atoms with Crippen LogP contribution < -0.4 is 0 Å². The number of hydrogen-bond acceptors (Lipinski definition) is 24. The molecule has 4 aliphatic heterocycles. The predicted molar refractivity (Wildman–Crippen MR) is 286 cm³/mol. The number of aliphatic carboxylic acids is 2. The van der Waals surface area contributed by atoms with E-state index in [4.69, 9.17) is 72.5 Å². The second-order valence-electron chi connectivity index (χ2n) is 22.5. The first-order valence-corrected chi connectivity index (χ1v) is 27.7. The molecule has 3 saturated heterocycles. The van der Waals surface area contributed by atoms with E-state index in [0.717, 1.165) is 0 Å². The van der Waals surface area contributed by atoms with Crippen LogP contribution in [0.5, 0.6) is 0 Å². The third kappa shape index (κ3) is 20.4. The molecule has 0 aromatic heterocycles. The lowest BCUT2D eigenvalue weighted by atomic mass is 9.79. The molecular formula is C56H91NO25. The van der Waals surface area contributed by atoms with E-state index in [2.05, 4.69) is 0 Å². The topological polar surface area (TPSA) is 366 Å². The monoisotopic (exact) mass is 1180 g/mol. The number of hydrogen-bond donors (Lipinski definition) is 7. The number of carbonyl (C=O) groups excluding carboxylic acids is 5. The lowest BCUT2D eigenvalue weighted by Crippen LogP contribution is -2.65. The summed E-state index contributed by atoms with van der Waals surface area (Å²) >= 11 is 0. The van der Waals surface area contributed by atoms with Crippen LogP contribution in [0.4, 0.5) is 0 Å². The van der Waals surface area contributed by atoms with Gasteiger partial charge in [-0.2, -0.15) is 0 Å². The van der Waals surface area contributed by atoms with Crippen molar-refractivity contribution >= 4 is 41.9 Å². The summed E-state index contributed by atoms with van der Waals surface area (Å²) in [4.78, 5) is 85.7. The lowest BCUT2D eigenvalue weighted by molar-refractivity contribution is -0.342. The van der Waals surface area contributed by atoms with Gasteiger partial charge in [0.15, 0.2) is 49.1 Å². The number of aliphatic hydroxyl groups excluding tert-OH is 4. The number of likely N-dealkylation sites (N-methyl/N-ethyl adjacent to an activating group) is 1. The van der Waals surface area contributed by atoms with Crippen LogP contribution in [0.2, 0.25) is 0 Å². The van der Waals surface area contributed by atoms with E-state index in [1.807, 2.05) is 20.8 Å². The number of esters is 3. The lowest BCUT2D eigenvalue weighted by Gasteiger charge is -2.50. The van der Waals surface area contributed by atoms with Gasteiger partial charge in [-0.05, 0) is 72.5 Å². The first-order chi connectivity index (χ1) is 38.3. The van der Waals surface area contributed by atoms with Gasteiger partial charge in [-0.3, -0.25) is 19.2 Å². The van der Waals surface area contributed by atoms with Gasteiger partial charge < -0.3 is 97.5 Å². The van der Waals surface area contributed by atoms with Crippen LogP contribution in [-0.2, 0) is 85.7 Å². The highest BCUT2D eigenvalue weighted by Crippen LogP contribution is 2.38. The molecule has 0 unspecified atom stereocenters. The fourth-order valence-electron chi connectivity index (χ4n) is 10.6. The molecule has 0 spiro atoms. The molecule has 4 heterocycles. The summed E-state index contributed by atoms with van der Waals surface area (Å²) in [5, 5.41) is 67.8. The SMILES string of the molecule is CC[C@H]1OC(=O)C[C@@H](O)[C@H](C)[C@@H](O[C@H]2O[C@H](C)[C@@H](O[C@H]3C[C@@](C)(O)[C@@H](OC(C)=O)[C@H](C)O3)[C@H](N(C)C)[C@H]2O)[C@@H](CC=O)C[C@@H](C)C(=O)C=CC=C[C@@H]1CO[C@@H]1O[C@H](C)[C@@H](OC(=O)CC(C)C)[C@@H](OC)[C@H]1OC.O=C(O)[C@H](O)[C@@H](O)C(=O)O. The summed E-state index contributed by atoms with van der Waals surface area (Å²) < 4.78 is 67.0. The second-order valence-corrected chi connectivity index (χ2v) is 22.5.